The number of halogens is 1. The van der Waals surface area contributed by atoms with Crippen LogP contribution in [-0.2, 0) is 4.79 Å². The zero-order chi connectivity index (χ0) is 14.4. The summed E-state index contributed by atoms with van der Waals surface area (Å²) in [5.74, 6) is -1.09. The Morgan fingerprint density at radius 2 is 2.15 bits per heavy atom. The van der Waals surface area contributed by atoms with Crippen molar-refractivity contribution in [3.8, 4) is 0 Å². The van der Waals surface area contributed by atoms with E-state index in [0.717, 1.165) is 29.7 Å². The third kappa shape index (κ3) is 2.07. The van der Waals surface area contributed by atoms with Gasteiger partial charge in [-0.25, -0.2) is 9.37 Å². The number of benzene rings is 1. The fraction of sp³-hybridized carbons (Fsp3) is 0.467. The third-order valence-corrected chi connectivity index (χ3v) is 4.14. The molecule has 1 N–H and O–H groups in total. The summed E-state index contributed by atoms with van der Waals surface area (Å²) in [5, 5.41) is 9.18. The highest BCUT2D eigenvalue weighted by atomic mass is 19.1. The molecule has 1 saturated carbocycles. The second-order valence-corrected chi connectivity index (χ2v) is 5.62. The minimum absolute atomic E-state index is 0.205. The molecule has 2 atom stereocenters. The standard InChI is InChI=1S/C15H17FN2O2/c1-8(9(2)15(19)20)14-17-12-6-3-10(16)7-13(12)18(14)11-4-5-11/h3,6-9,11H,4-5H2,1-2H3,(H,19,20). The molecule has 2 aromatic rings. The predicted octanol–water partition coefficient (Wildman–Crippen LogP) is 3.33. The number of rotatable bonds is 4. The van der Waals surface area contributed by atoms with Gasteiger partial charge in [-0.1, -0.05) is 13.8 Å². The fourth-order valence-electron chi connectivity index (χ4n) is 2.56. The zero-order valence-corrected chi connectivity index (χ0v) is 11.5. The number of nitrogens with zero attached hydrogens (tertiary/aromatic N) is 2. The van der Waals surface area contributed by atoms with Crippen LogP contribution in [0.3, 0.4) is 0 Å². The summed E-state index contributed by atoms with van der Waals surface area (Å²) in [6.07, 6.45) is 2.09. The van der Waals surface area contributed by atoms with Crippen molar-refractivity contribution in [2.45, 2.75) is 38.6 Å². The molecule has 1 aliphatic carbocycles. The Morgan fingerprint density at radius 1 is 1.45 bits per heavy atom. The van der Waals surface area contributed by atoms with E-state index in [-0.39, 0.29) is 11.7 Å². The van der Waals surface area contributed by atoms with Crippen LogP contribution >= 0.6 is 0 Å². The number of carboxylic acid groups (broad SMARTS) is 1. The number of hydrogen-bond donors (Lipinski definition) is 1. The van der Waals surface area contributed by atoms with Gasteiger partial charge in [0.2, 0.25) is 0 Å². The second-order valence-electron chi connectivity index (χ2n) is 5.62. The Labute approximate surface area is 116 Å². The summed E-state index contributed by atoms with van der Waals surface area (Å²) in [5.41, 5.74) is 1.50. The molecule has 0 bridgehead atoms. The zero-order valence-electron chi connectivity index (χ0n) is 11.5. The smallest absolute Gasteiger partial charge is 0.306 e. The van der Waals surface area contributed by atoms with Crippen molar-refractivity contribution in [2.24, 2.45) is 5.92 Å². The first-order valence-electron chi connectivity index (χ1n) is 6.89. The molecule has 1 fully saturated rings. The molecule has 0 aliphatic heterocycles. The van der Waals surface area contributed by atoms with Crippen LogP contribution in [0.1, 0.15) is 44.5 Å². The maximum atomic E-state index is 13.5. The average molecular weight is 276 g/mol. The molecule has 1 aromatic heterocycles. The number of aromatic nitrogens is 2. The molecule has 106 valence electrons. The van der Waals surface area contributed by atoms with Crippen LogP contribution < -0.4 is 0 Å². The molecule has 0 spiro atoms. The monoisotopic (exact) mass is 276 g/mol. The summed E-state index contributed by atoms with van der Waals surface area (Å²) in [4.78, 5) is 15.7. The van der Waals surface area contributed by atoms with Gasteiger partial charge in [-0.2, -0.15) is 0 Å². The highest BCUT2D eigenvalue weighted by Gasteiger charge is 2.33. The maximum absolute atomic E-state index is 13.5. The van der Waals surface area contributed by atoms with E-state index in [2.05, 4.69) is 4.98 Å². The van der Waals surface area contributed by atoms with E-state index in [1.165, 1.54) is 12.1 Å². The summed E-state index contributed by atoms with van der Waals surface area (Å²) in [7, 11) is 0. The topological polar surface area (TPSA) is 55.1 Å². The van der Waals surface area contributed by atoms with E-state index >= 15 is 0 Å². The molecular weight excluding hydrogens is 259 g/mol. The van der Waals surface area contributed by atoms with Crippen molar-refractivity contribution in [1.29, 1.82) is 0 Å². The van der Waals surface area contributed by atoms with Crippen molar-refractivity contribution in [2.75, 3.05) is 0 Å². The first-order valence-corrected chi connectivity index (χ1v) is 6.89. The largest absolute Gasteiger partial charge is 0.481 e. The third-order valence-electron chi connectivity index (χ3n) is 4.14. The molecule has 4 nitrogen and oxygen atoms in total. The van der Waals surface area contributed by atoms with Crippen LogP contribution in [-0.4, -0.2) is 20.6 Å². The Kier molecular flexibility index (Phi) is 3.00. The molecule has 3 rings (SSSR count). The van der Waals surface area contributed by atoms with E-state index in [0.29, 0.717) is 6.04 Å². The summed E-state index contributed by atoms with van der Waals surface area (Å²) in [6.45, 7) is 3.55. The number of fused-ring (bicyclic) bond motifs is 1. The second kappa shape index (κ2) is 4.58. The van der Waals surface area contributed by atoms with Gasteiger partial charge in [0.25, 0.3) is 0 Å². The predicted molar refractivity (Wildman–Crippen MR) is 73.2 cm³/mol. The van der Waals surface area contributed by atoms with Crippen LogP contribution in [0.4, 0.5) is 4.39 Å². The summed E-state index contributed by atoms with van der Waals surface area (Å²) >= 11 is 0. The molecule has 0 radical (unpaired) electrons. The minimum Gasteiger partial charge on any atom is -0.481 e. The average Bonchev–Trinajstić information content (AvgIpc) is 3.17. The molecule has 1 aliphatic rings. The first-order chi connectivity index (χ1) is 9.49. The summed E-state index contributed by atoms with van der Waals surface area (Å²) < 4.78 is 15.5. The van der Waals surface area contributed by atoms with Crippen molar-refractivity contribution >= 4 is 17.0 Å². The Hall–Kier alpha value is -1.91. The maximum Gasteiger partial charge on any atom is 0.306 e. The first kappa shape index (κ1) is 13.1. The normalized spacial score (nSPS) is 18.1. The summed E-state index contributed by atoms with van der Waals surface area (Å²) in [6, 6.07) is 4.87. The molecule has 0 amide bonds. The van der Waals surface area contributed by atoms with Gasteiger partial charge in [0.15, 0.2) is 0 Å². The Morgan fingerprint density at radius 3 is 2.75 bits per heavy atom. The number of carbonyl (C=O) groups is 1. The fourth-order valence-corrected chi connectivity index (χ4v) is 2.56. The molecule has 0 saturated heterocycles. The van der Waals surface area contributed by atoms with E-state index in [9.17, 15) is 14.3 Å². The highest BCUT2D eigenvalue weighted by molar-refractivity contribution is 5.77. The Balaban J connectivity index is 2.14. The quantitative estimate of drug-likeness (QED) is 0.931. The molecule has 20 heavy (non-hydrogen) atoms. The minimum atomic E-state index is -0.835. The van der Waals surface area contributed by atoms with Gasteiger partial charge in [0.05, 0.1) is 17.0 Å². The SMILES string of the molecule is CC(C(=O)O)C(C)c1nc2ccc(F)cc2n1C1CC1. The number of carboxylic acids is 1. The van der Waals surface area contributed by atoms with Crippen molar-refractivity contribution < 1.29 is 14.3 Å². The van der Waals surface area contributed by atoms with Gasteiger partial charge in [-0.15, -0.1) is 0 Å². The Bertz CT molecular complexity index is 676. The lowest BCUT2D eigenvalue weighted by atomic mass is 9.95. The van der Waals surface area contributed by atoms with E-state index in [4.69, 9.17) is 0 Å². The lowest BCUT2D eigenvalue weighted by molar-refractivity contribution is -0.141. The van der Waals surface area contributed by atoms with Crippen LogP contribution in [0.15, 0.2) is 18.2 Å². The van der Waals surface area contributed by atoms with Crippen molar-refractivity contribution in [1.82, 2.24) is 9.55 Å². The van der Waals surface area contributed by atoms with Crippen molar-refractivity contribution in [3.05, 3.63) is 29.8 Å². The molecule has 5 heteroatoms. The molecule has 2 unspecified atom stereocenters. The van der Waals surface area contributed by atoms with Gasteiger partial charge in [0.1, 0.15) is 11.6 Å². The number of aliphatic carboxylic acids is 1. The van der Waals surface area contributed by atoms with Crippen LogP contribution in [0.2, 0.25) is 0 Å². The van der Waals surface area contributed by atoms with E-state index < -0.39 is 11.9 Å². The van der Waals surface area contributed by atoms with Gasteiger partial charge in [0, 0.05) is 12.0 Å². The van der Waals surface area contributed by atoms with Crippen LogP contribution in [0, 0.1) is 11.7 Å². The lowest BCUT2D eigenvalue weighted by Gasteiger charge is -2.17. The van der Waals surface area contributed by atoms with Crippen LogP contribution in [0.5, 0.6) is 0 Å². The van der Waals surface area contributed by atoms with Gasteiger partial charge < -0.3 is 9.67 Å². The molecule has 1 heterocycles. The van der Waals surface area contributed by atoms with Crippen LogP contribution in [0.25, 0.3) is 11.0 Å². The van der Waals surface area contributed by atoms with E-state index in [1.807, 2.05) is 11.5 Å². The van der Waals surface area contributed by atoms with Gasteiger partial charge >= 0.3 is 5.97 Å². The lowest BCUT2D eigenvalue weighted by Crippen LogP contribution is -2.20. The number of hydrogen-bond acceptors (Lipinski definition) is 2. The molecule has 1 aromatic carbocycles. The molecular formula is C15H17FN2O2. The van der Waals surface area contributed by atoms with Gasteiger partial charge in [-0.05, 0) is 31.0 Å². The highest BCUT2D eigenvalue weighted by Crippen LogP contribution is 2.41. The van der Waals surface area contributed by atoms with Crippen molar-refractivity contribution in [3.63, 3.8) is 0 Å². The van der Waals surface area contributed by atoms with Gasteiger partial charge in [-0.3, -0.25) is 4.79 Å². The van der Waals surface area contributed by atoms with E-state index in [1.54, 1.807) is 13.0 Å². The number of imidazole rings is 1.